The topological polar surface area (TPSA) is 71.5 Å². The van der Waals surface area contributed by atoms with Gasteiger partial charge in [0.2, 0.25) is 5.91 Å². The molecule has 3 aromatic rings. The Kier molecular flexibility index (Phi) is 7.23. The van der Waals surface area contributed by atoms with E-state index in [0.29, 0.717) is 25.2 Å². The fourth-order valence-electron chi connectivity index (χ4n) is 4.34. The minimum Gasteiger partial charge on any atom is -0.497 e. The number of carbonyl (C=O) groups excluding carboxylic acids is 2. The van der Waals surface area contributed by atoms with Crippen molar-refractivity contribution in [1.82, 2.24) is 15.2 Å². The third-order valence-electron chi connectivity index (χ3n) is 6.24. The van der Waals surface area contributed by atoms with E-state index in [-0.39, 0.29) is 17.7 Å². The maximum atomic E-state index is 13.7. The molecule has 0 spiro atoms. The Hall–Kier alpha value is -3.41. The summed E-state index contributed by atoms with van der Waals surface area (Å²) in [6.45, 7) is 3.91. The number of pyridine rings is 1. The van der Waals surface area contributed by atoms with Crippen LogP contribution >= 0.6 is 0 Å². The van der Waals surface area contributed by atoms with E-state index in [4.69, 9.17) is 9.72 Å². The lowest BCUT2D eigenvalue weighted by Crippen LogP contribution is -2.45. The molecule has 1 aliphatic heterocycles. The number of likely N-dealkylation sites (tertiary alicyclic amines) is 1. The molecule has 0 bridgehead atoms. The van der Waals surface area contributed by atoms with E-state index in [0.717, 1.165) is 53.6 Å². The number of benzene rings is 2. The smallest absolute Gasteiger partial charge is 0.254 e. The Labute approximate surface area is 195 Å². The number of nitrogens with one attached hydrogen (secondary N) is 1. The number of hydrogen-bond acceptors (Lipinski definition) is 4. The van der Waals surface area contributed by atoms with Gasteiger partial charge in [-0.05, 0) is 55.7 Å². The van der Waals surface area contributed by atoms with Crippen molar-refractivity contribution in [2.24, 2.45) is 5.92 Å². The second-order valence-corrected chi connectivity index (χ2v) is 8.54. The van der Waals surface area contributed by atoms with Gasteiger partial charge in [0.1, 0.15) is 5.75 Å². The molecule has 2 amide bonds. The number of carbonyl (C=O) groups is 2. The number of rotatable bonds is 7. The highest BCUT2D eigenvalue weighted by molar-refractivity contribution is 6.07. The summed E-state index contributed by atoms with van der Waals surface area (Å²) in [7, 11) is 1.63. The molecule has 6 nitrogen and oxygen atoms in total. The van der Waals surface area contributed by atoms with Crippen molar-refractivity contribution in [3.05, 3.63) is 60.2 Å². The molecule has 1 unspecified atom stereocenters. The third kappa shape index (κ3) is 5.16. The quantitative estimate of drug-likeness (QED) is 0.536. The third-order valence-corrected chi connectivity index (χ3v) is 6.24. The molecule has 1 N–H and O–H groups in total. The zero-order valence-corrected chi connectivity index (χ0v) is 19.3. The standard InChI is InChI=1S/C27H31N3O3/c1-3-4-15-28-26(31)20-8-7-16-30(18-20)27(32)23-17-25(19-11-13-21(33-2)14-12-19)29-24-10-6-5-9-22(23)24/h5-6,9-14,17,20H,3-4,7-8,15-16,18H2,1-2H3,(H,28,31). The van der Waals surface area contributed by atoms with Crippen LogP contribution in [0.15, 0.2) is 54.6 Å². The average molecular weight is 446 g/mol. The van der Waals surface area contributed by atoms with Gasteiger partial charge in [0.25, 0.3) is 5.91 Å². The molecule has 0 saturated carbocycles. The van der Waals surface area contributed by atoms with Crippen molar-refractivity contribution >= 4 is 22.7 Å². The molecule has 6 heteroatoms. The first-order chi connectivity index (χ1) is 16.1. The number of para-hydroxylation sites is 1. The van der Waals surface area contributed by atoms with E-state index < -0.39 is 0 Å². The fraction of sp³-hybridized carbons (Fsp3) is 0.370. The van der Waals surface area contributed by atoms with Crippen LogP contribution in [0.3, 0.4) is 0 Å². The van der Waals surface area contributed by atoms with Crippen molar-refractivity contribution in [1.29, 1.82) is 0 Å². The van der Waals surface area contributed by atoms with Crippen molar-refractivity contribution in [2.45, 2.75) is 32.6 Å². The van der Waals surface area contributed by atoms with Crippen LogP contribution in [0.1, 0.15) is 43.0 Å². The number of fused-ring (bicyclic) bond motifs is 1. The van der Waals surface area contributed by atoms with Gasteiger partial charge in [-0.1, -0.05) is 31.5 Å². The predicted octanol–water partition coefficient (Wildman–Crippen LogP) is 4.68. The van der Waals surface area contributed by atoms with Gasteiger partial charge in [-0.2, -0.15) is 0 Å². The van der Waals surface area contributed by atoms with Gasteiger partial charge in [-0.3, -0.25) is 9.59 Å². The van der Waals surface area contributed by atoms with E-state index >= 15 is 0 Å². The van der Waals surface area contributed by atoms with Crippen molar-refractivity contribution < 1.29 is 14.3 Å². The molecule has 0 radical (unpaired) electrons. The van der Waals surface area contributed by atoms with Gasteiger partial charge < -0.3 is 15.0 Å². The van der Waals surface area contributed by atoms with Crippen LogP contribution in [0.5, 0.6) is 5.75 Å². The highest BCUT2D eigenvalue weighted by atomic mass is 16.5. The van der Waals surface area contributed by atoms with Crippen molar-refractivity contribution in [2.75, 3.05) is 26.7 Å². The molecule has 2 heterocycles. The summed E-state index contributed by atoms with van der Waals surface area (Å²) in [6.07, 6.45) is 3.65. The van der Waals surface area contributed by atoms with E-state index in [1.165, 1.54) is 0 Å². The summed E-state index contributed by atoms with van der Waals surface area (Å²) < 4.78 is 5.26. The molecule has 1 aromatic heterocycles. The minimum absolute atomic E-state index is 0.0468. The molecule has 4 rings (SSSR count). The van der Waals surface area contributed by atoms with Gasteiger partial charge in [0.15, 0.2) is 0 Å². The van der Waals surface area contributed by atoms with Gasteiger partial charge in [0, 0.05) is 30.6 Å². The number of piperidine rings is 1. The van der Waals surface area contributed by atoms with E-state index in [1.54, 1.807) is 7.11 Å². The summed E-state index contributed by atoms with van der Waals surface area (Å²) in [5.74, 6) is 0.620. The number of methoxy groups -OCH3 is 1. The second kappa shape index (κ2) is 10.5. The Morgan fingerprint density at radius 2 is 1.94 bits per heavy atom. The lowest BCUT2D eigenvalue weighted by Gasteiger charge is -2.32. The Morgan fingerprint density at radius 1 is 1.15 bits per heavy atom. The highest BCUT2D eigenvalue weighted by Crippen LogP contribution is 2.28. The minimum atomic E-state index is -0.159. The van der Waals surface area contributed by atoms with Crippen LogP contribution < -0.4 is 10.1 Å². The number of amides is 2. The molecule has 1 fully saturated rings. The fourth-order valence-corrected chi connectivity index (χ4v) is 4.34. The molecule has 0 aliphatic carbocycles. The molecule has 1 atom stereocenters. The number of hydrogen-bond donors (Lipinski definition) is 1. The first-order valence-corrected chi connectivity index (χ1v) is 11.7. The average Bonchev–Trinajstić information content (AvgIpc) is 2.87. The van der Waals surface area contributed by atoms with Gasteiger partial charge in [0.05, 0.1) is 29.8 Å². The first-order valence-electron chi connectivity index (χ1n) is 11.7. The number of nitrogens with zero attached hydrogens (tertiary/aromatic N) is 2. The second-order valence-electron chi connectivity index (χ2n) is 8.54. The Bertz CT molecular complexity index is 1130. The Balaban J connectivity index is 1.62. The lowest BCUT2D eigenvalue weighted by atomic mass is 9.95. The molecular weight excluding hydrogens is 414 g/mol. The van der Waals surface area contributed by atoms with E-state index in [2.05, 4.69) is 12.2 Å². The summed E-state index contributed by atoms with van der Waals surface area (Å²) in [5, 5.41) is 3.85. The van der Waals surface area contributed by atoms with Gasteiger partial charge in [-0.15, -0.1) is 0 Å². The lowest BCUT2D eigenvalue weighted by molar-refractivity contribution is -0.126. The van der Waals surface area contributed by atoms with Crippen LogP contribution in [0.2, 0.25) is 0 Å². The predicted molar refractivity (Wildman–Crippen MR) is 130 cm³/mol. The molecule has 1 aliphatic rings. The van der Waals surface area contributed by atoms with Gasteiger partial charge in [-0.25, -0.2) is 4.98 Å². The maximum absolute atomic E-state index is 13.7. The highest BCUT2D eigenvalue weighted by Gasteiger charge is 2.29. The van der Waals surface area contributed by atoms with Crippen LogP contribution in [0.4, 0.5) is 0 Å². The zero-order chi connectivity index (χ0) is 23.2. The molecular formula is C27H31N3O3. The molecule has 2 aromatic carbocycles. The van der Waals surface area contributed by atoms with Crippen LogP contribution in [-0.4, -0.2) is 48.4 Å². The van der Waals surface area contributed by atoms with Crippen LogP contribution in [0, 0.1) is 5.92 Å². The van der Waals surface area contributed by atoms with E-state index in [9.17, 15) is 9.59 Å². The van der Waals surface area contributed by atoms with Crippen LogP contribution in [0.25, 0.3) is 22.2 Å². The SMILES string of the molecule is CCCCNC(=O)C1CCCN(C(=O)c2cc(-c3ccc(OC)cc3)nc3ccccc23)C1. The number of ether oxygens (including phenoxy) is 1. The molecule has 1 saturated heterocycles. The Morgan fingerprint density at radius 3 is 2.70 bits per heavy atom. The first kappa shape index (κ1) is 22.8. The van der Waals surface area contributed by atoms with E-state index in [1.807, 2.05) is 59.5 Å². The summed E-state index contributed by atoms with van der Waals surface area (Å²) in [5.41, 5.74) is 3.06. The maximum Gasteiger partial charge on any atom is 0.254 e. The van der Waals surface area contributed by atoms with Crippen molar-refractivity contribution in [3.63, 3.8) is 0 Å². The monoisotopic (exact) mass is 445 g/mol. The summed E-state index contributed by atoms with van der Waals surface area (Å²) in [6, 6.07) is 17.3. The molecule has 33 heavy (non-hydrogen) atoms. The largest absolute Gasteiger partial charge is 0.497 e. The van der Waals surface area contributed by atoms with Crippen LogP contribution in [-0.2, 0) is 4.79 Å². The molecule has 172 valence electrons. The summed E-state index contributed by atoms with van der Waals surface area (Å²) in [4.78, 5) is 32.9. The summed E-state index contributed by atoms with van der Waals surface area (Å²) >= 11 is 0. The van der Waals surface area contributed by atoms with Gasteiger partial charge >= 0.3 is 0 Å². The van der Waals surface area contributed by atoms with Crippen molar-refractivity contribution in [3.8, 4) is 17.0 Å². The number of unbranched alkanes of at least 4 members (excludes halogenated alkanes) is 1. The number of aromatic nitrogens is 1. The normalized spacial score (nSPS) is 15.9. The zero-order valence-electron chi connectivity index (χ0n) is 19.3.